The van der Waals surface area contributed by atoms with E-state index in [0.717, 1.165) is 0 Å². The smallest absolute Gasteiger partial charge is 0.321 e. The minimum atomic E-state index is -1.29. The highest BCUT2D eigenvalue weighted by Crippen LogP contribution is 2.15. The van der Waals surface area contributed by atoms with Crippen LogP contribution in [-0.2, 0) is 14.4 Å². The Kier molecular flexibility index (Phi) is 5.72. The highest BCUT2D eigenvalue weighted by atomic mass is 32.2. The molecule has 8 heteroatoms. The lowest BCUT2D eigenvalue weighted by Gasteiger charge is -2.11. The summed E-state index contributed by atoms with van der Waals surface area (Å²) in [6.07, 6.45) is -0.563. The van der Waals surface area contributed by atoms with Gasteiger partial charge in [-0.25, -0.2) is 0 Å². The van der Waals surface area contributed by atoms with E-state index in [2.05, 4.69) is 0 Å². The third-order valence-electron chi connectivity index (χ3n) is 1.43. The van der Waals surface area contributed by atoms with Crippen LogP contribution in [0.4, 0.5) is 0 Å². The van der Waals surface area contributed by atoms with Gasteiger partial charge in [0.2, 0.25) is 0 Å². The summed E-state index contributed by atoms with van der Waals surface area (Å²) in [4.78, 5) is 31.1. The van der Waals surface area contributed by atoms with E-state index in [4.69, 9.17) is 21.1 Å². The van der Waals surface area contributed by atoms with E-state index in [9.17, 15) is 14.4 Å². The molecule has 86 valence electrons. The van der Waals surface area contributed by atoms with Crippen LogP contribution in [0.15, 0.2) is 0 Å². The number of aliphatic carboxylic acids is 3. The summed E-state index contributed by atoms with van der Waals surface area (Å²) < 4.78 is 0. The molecule has 2 atom stereocenters. The largest absolute Gasteiger partial charge is 0.481 e. The molecule has 0 aromatic rings. The number of carbonyl (C=O) groups is 3. The normalized spacial score (nSPS) is 14.2. The van der Waals surface area contributed by atoms with E-state index >= 15 is 0 Å². The highest BCUT2D eigenvalue weighted by molar-refractivity contribution is 8.00. The lowest BCUT2D eigenvalue weighted by Crippen LogP contribution is -2.34. The molecule has 0 bridgehead atoms. The molecule has 5 N–H and O–H groups in total. The Hall–Kier alpha value is -1.28. The maximum atomic E-state index is 10.5. The lowest BCUT2D eigenvalue weighted by molar-refractivity contribution is -0.142. The third-order valence-corrected chi connectivity index (χ3v) is 2.75. The van der Waals surface area contributed by atoms with Gasteiger partial charge in [-0.05, 0) is 0 Å². The van der Waals surface area contributed by atoms with Crippen LogP contribution in [0.5, 0.6) is 0 Å². The van der Waals surface area contributed by atoms with Gasteiger partial charge in [0.1, 0.15) is 11.3 Å². The summed E-state index contributed by atoms with van der Waals surface area (Å²) >= 11 is 0.708. The van der Waals surface area contributed by atoms with Gasteiger partial charge in [-0.1, -0.05) is 0 Å². The fourth-order valence-electron chi connectivity index (χ4n) is 0.667. The van der Waals surface area contributed by atoms with E-state index in [0.29, 0.717) is 11.8 Å². The molecule has 0 aliphatic heterocycles. The molecule has 0 heterocycles. The molecule has 0 unspecified atom stereocenters. The minimum Gasteiger partial charge on any atom is -0.481 e. The van der Waals surface area contributed by atoms with Crippen LogP contribution in [0.3, 0.4) is 0 Å². The maximum absolute atomic E-state index is 10.5. The Bertz CT molecular complexity index is 268. The minimum absolute atomic E-state index is 0.139. The molecular formula is C7H11NO6S. The summed E-state index contributed by atoms with van der Waals surface area (Å²) in [5.74, 6) is -3.93. The van der Waals surface area contributed by atoms with Gasteiger partial charge in [0.15, 0.2) is 0 Å². The number of carboxylic acids is 3. The fraction of sp³-hybridized carbons (Fsp3) is 0.571. The van der Waals surface area contributed by atoms with Crippen molar-refractivity contribution < 1.29 is 29.7 Å². The number of hydrogen-bond acceptors (Lipinski definition) is 5. The van der Waals surface area contributed by atoms with Crippen molar-refractivity contribution in [1.82, 2.24) is 0 Å². The molecule has 0 fully saturated rings. The highest BCUT2D eigenvalue weighted by Gasteiger charge is 2.23. The number of rotatable bonds is 7. The Morgan fingerprint density at radius 3 is 2.00 bits per heavy atom. The van der Waals surface area contributed by atoms with Crippen LogP contribution >= 0.6 is 11.8 Å². The first-order valence-electron chi connectivity index (χ1n) is 3.89. The van der Waals surface area contributed by atoms with Gasteiger partial charge < -0.3 is 21.1 Å². The summed E-state index contributed by atoms with van der Waals surface area (Å²) in [7, 11) is 0. The number of carboxylic acid groups (broad SMARTS) is 3. The van der Waals surface area contributed by atoms with E-state index in [1.165, 1.54) is 0 Å². The zero-order chi connectivity index (χ0) is 12.0. The van der Waals surface area contributed by atoms with Gasteiger partial charge in [0.25, 0.3) is 0 Å². The van der Waals surface area contributed by atoms with Crippen molar-refractivity contribution in [2.24, 2.45) is 5.73 Å². The molecule has 0 aromatic heterocycles. The Morgan fingerprint density at radius 2 is 1.67 bits per heavy atom. The second-order valence-electron chi connectivity index (χ2n) is 2.70. The molecule has 0 saturated heterocycles. The van der Waals surface area contributed by atoms with Crippen LogP contribution < -0.4 is 5.73 Å². The van der Waals surface area contributed by atoms with Crippen LogP contribution in [0.2, 0.25) is 0 Å². The van der Waals surface area contributed by atoms with Crippen LogP contribution in [0, 0.1) is 0 Å². The summed E-state index contributed by atoms with van der Waals surface area (Å²) in [6.45, 7) is 0. The van der Waals surface area contributed by atoms with Crippen molar-refractivity contribution >= 4 is 29.7 Å². The lowest BCUT2D eigenvalue weighted by atomic mass is 10.3. The summed E-state index contributed by atoms with van der Waals surface area (Å²) in [6, 6.07) is -1.19. The number of thioether (sulfide) groups is 1. The topological polar surface area (TPSA) is 138 Å². The number of nitrogens with two attached hydrogens (primary N) is 1. The third kappa shape index (κ3) is 5.92. The van der Waals surface area contributed by atoms with Gasteiger partial charge in [-0.2, -0.15) is 0 Å². The average Bonchev–Trinajstić information content (AvgIpc) is 2.10. The molecule has 0 spiro atoms. The maximum Gasteiger partial charge on any atom is 0.321 e. The summed E-state index contributed by atoms with van der Waals surface area (Å²) in [5, 5.41) is 24.2. The SMILES string of the molecule is N[C@@H](CS[C@H](CC(=O)O)C(=O)O)C(=O)O. The standard InChI is InChI=1S/C7H11NO6S/c8-3(6(11)12)2-15-4(7(13)14)1-5(9)10/h3-4H,1-2,8H2,(H,9,10)(H,11,12)(H,13,14)/t3-,4+/m0/s1. The van der Waals surface area contributed by atoms with Gasteiger partial charge >= 0.3 is 17.9 Å². The Labute approximate surface area is 89.3 Å². The molecular weight excluding hydrogens is 226 g/mol. The van der Waals surface area contributed by atoms with Crippen LogP contribution in [0.25, 0.3) is 0 Å². The predicted octanol–water partition coefficient (Wildman–Crippen LogP) is -0.941. The van der Waals surface area contributed by atoms with Crippen molar-refractivity contribution in [1.29, 1.82) is 0 Å². The van der Waals surface area contributed by atoms with E-state index < -0.39 is 35.6 Å². The molecule has 0 aromatic carbocycles. The number of hydrogen-bond donors (Lipinski definition) is 4. The second-order valence-corrected chi connectivity index (χ2v) is 3.94. The average molecular weight is 237 g/mol. The molecule has 0 aliphatic rings. The molecule has 7 nitrogen and oxygen atoms in total. The predicted molar refractivity (Wildman–Crippen MR) is 51.7 cm³/mol. The molecule has 0 saturated carbocycles. The van der Waals surface area contributed by atoms with Gasteiger partial charge in [-0.15, -0.1) is 11.8 Å². The summed E-state index contributed by atoms with van der Waals surface area (Å²) in [5.41, 5.74) is 5.13. The van der Waals surface area contributed by atoms with Gasteiger partial charge in [-0.3, -0.25) is 14.4 Å². The van der Waals surface area contributed by atoms with Crippen LogP contribution in [0.1, 0.15) is 6.42 Å². The molecule has 15 heavy (non-hydrogen) atoms. The zero-order valence-corrected chi connectivity index (χ0v) is 8.44. The first kappa shape index (κ1) is 13.7. The van der Waals surface area contributed by atoms with Crippen molar-refractivity contribution in [3.05, 3.63) is 0 Å². The first-order chi connectivity index (χ1) is 6.84. The quantitative estimate of drug-likeness (QED) is 0.445. The van der Waals surface area contributed by atoms with E-state index in [1.54, 1.807) is 0 Å². The van der Waals surface area contributed by atoms with Gasteiger partial charge in [0, 0.05) is 5.75 Å². The van der Waals surface area contributed by atoms with Crippen LogP contribution in [-0.4, -0.2) is 50.3 Å². The first-order valence-corrected chi connectivity index (χ1v) is 4.94. The second kappa shape index (κ2) is 6.25. The molecule has 0 radical (unpaired) electrons. The Balaban J connectivity index is 4.13. The molecule has 0 amide bonds. The zero-order valence-electron chi connectivity index (χ0n) is 7.62. The van der Waals surface area contributed by atoms with Crippen molar-refractivity contribution in [3.8, 4) is 0 Å². The monoisotopic (exact) mass is 237 g/mol. The Morgan fingerprint density at radius 1 is 1.13 bits per heavy atom. The molecule has 0 rings (SSSR count). The van der Waals surface area contributed by atoms with E-state index in [1.807, 2.05) is 0 Å². The fourth-order valence-corrected chi connectivity index (χ4v) is 1.65. The van der Waals surface area contributed by atoms with Crippen molar-refractivity contribution in [3.63, 3.8) is 0 Å². The van der Waals surface area contributed by atoms with Crippen molar-refractivity contribution in [2.45, 2.75) is 17.7 Å². The van der Waals surface area contributed by atoms with E-state index in [-0.39, 0.29) is 5.75 Å². The van der Waals surface area contributed by atoms with Crippen molar-refractivity contribution in [2.75, 3.05) is 5.75 Å². The molecule has 0 aliphatic carbocycles. The van der Waals surface area contributed by atoms with Gasteiger partial charge in [0.05, 0.1) is 6.42 Å².